The predicted molar refractivity (Wildman–Crippen MR) is 97.4 cm³/mol. The van der Waals surface area contributed by atoms with Gasteiger partial charge in [-0.05, 0) is 42.0 Å². The van der Waals surface area contributed by atoms with Gasteiger partial charge in [0.15, 0.2) is 0 Å². The van der Waals surface area contributed by atoms with Crippen LogP contribution in [-0.4, -0.2) is 10.9 Å². The maximum atomic E-state index is 12.6. The van der Waals surface area contributed by atoms with E-state index in [0.717, 1.165) is 35.5 Å². The number of pyridine rings is 1. The van der Waals surface area contributed by atoms with Crippen LogP contribution in [0, 0.1) is 0 Å². The van der Waals surface area contributed by atoms with Crippen molar-refractivity contribution in [1.29, 1.82) is 0 Å². The highest BCUT2D eigenvalue weighted by molar-refractivity contribution is 6.03. The molecule has 27 heavy (non-hydrogen) atoms. The molecule has 0 radical (unpaired) electrons. The van der Waals surface area contributed by atoms with E-state index in [4.69, 9.17) is 0 Å². The Morgan fingerprint density at radius 3 is 2.22 bits per heavy atom. The third-order valence-corrected chi connectivity index (χ3v) is 3.82. The summed E-state index contributed by atoms with van der Waals surface area (Å²) in [4.78, 5) is 16.3. The fraction of sp³-hybridized carbons (Fsp3) is 0.100. The number of carbonyl (C=O) groups excluding carboxylic acids is 1. The highest BCUT2D eigenvalue weighted by Crippen LogP contribution is 2.29. The first-order valence-electron chi connectivity index (χ1n) is 8.14. The zero-order valence-corrected chi connectivity index (χ0v) is 14.1. The maximum Gasteiger partial charge on any atom is 0.416 e. The van der Waals surface area contributed by atoms with Crippen molar-refractivity contribution < 1.29 is 18.0 Å². The summed E-state index contributed by atoms with van der Waals surface area (Å²) in [6, 6.07) is 17.2. The summed E-state index contributed by atoms with van der Waals surface area (Å²) in [7, 11) is 0. The highest BCUT2D eigenvalue weighted by atomic mass is 19.4. The van der Waals surface area contributed by atoms with Crippen molar-refractivity contribution in [3.05, 3.63) is 89.6 Å². The molecule has 0 atom stereocenters. The van der Waals surface area contributed by atoms with Gasteiger partial charge in [-0.1, -0.05) is 30.3 Å². The summed E-state index contributed by atoms with van der Waals surface area (Å²) < 4.78 is 37.7. The zero-order chi connectivity index (χ0) is 19.3. The molecule has 0 spiro atoms. The monoisotopic (exact) mass is 371 g/mol. The molecule has 2 aromatic carbocycles. The molecule has 0 aliphatic heterocycles. The van der Waals surface area contributed by atoms with Gasteiger partial charge in [-0.25, -0.2) is 4.98 Å². The van der Waals surface area contributed by atoms with Gasteiger partial charge in [-0.15, -0.1) is 0 Å². The third-order valence-electron chi connectivity index (χ3n) is 3.82. The normalized spacial score (nSPS) is 11.1. The minimum atomic E-state index is -4.43. The van der Waals surface area contributed by atoms with Crippen molar-refractivity contribution in [2.75, 3.05) is 10.6 Å². The summed E-state index contributed by atoms with van der Waals surface area (Å²) in [6.07, 6.45) is -2.86. The number of alkyl halides is 3. The Hall–Kier alpha value is -3.35. The van der Waals surface area contributed by atoms with Crippen LogP contribution in [0.25, 0.3) is 0 Å². The Balaban J connectivity index is 1.58. The van der Waals surface area contributed by atoms with E-state index in [9.17, 15) is 18.0 Å². The summed E-state index contributed by atoms with van der Waals surface area (Å²) in [5.41, 5.74) is 1.23. The number of nitrogens with zero attached hydrogens (tertiary/aromatic N) is 1. The third kappa shape index (κ3) is 5.07. The molecule has 0 aliphatic carbocycles. The molecule has 138 valence electrons. The van der Waals surface area contributed by atoms with Gasteiger partial charge in [-0.3, -0.25) is 4.79 Å². The summed E-state index contributed by atoms with van der Waals surface area (Å²) >= 11 is 0. The van der Waals surface area contributed by atoms with Crippen molar-refractivity contribution in [1.82, 2.24) is 4.98 Å². The summed E-state index contributed by atoms with van der Waals surface area (Å²) in [5.74, 6) is -0.216. The second kappa shape index (κ2) is 7.90. The number of aromatic nitrogens is 1. The minimum absolute atomic E-state index is 0.121. The average Bonchev–Trinajstić information content (AvgIpc) is 2.68. The van der Waals surface area contributed by atoms with Crippen LogP contribution in [0.15, 0.2) is 72.9 Å². The van der Waals surface area contributed by atoms with E-state index in [1.807, 2.05) is 30.3 Å². The van der Waals surface area contributed by atoms with E-state index in [0.29, 0.717) is 12.4 Å². The SMILES string of the molecule is O=C(Nc1ccc(NCc2ccccc2)cn1)c1ccc(C(F)(F)F)cc1. The molecular formula is C20H16F3N3O. The molecule has 0 fully saturated rings. The van der Waals surface area contributed by atoms with E-state index in [2.05, 4.69) is 15.6 Å². The van der Waals surface area contributed by atoms with Crippen molar-refractivity contribution in [3.63, 3.8) is 0 Å². The Kier molecular flexibility index (Phi) is 5.40. The molecule has 0 saturated carbocycles. The van der Waals surface area contributed by atoms with Gasteiger partial charge in [-0.2, -0.15) is 13.2 Å². The van der Waals surface area contributed by atoms with Gasteiger partial charge in [0, 0.05) is 12.1 Å². The lowest BCUT2D eigenvalue weighted by molar-refractivity contribution is -0.137. The first kappa shape index (κ1) is 18.4. The summed E-state index contributed by atoms with van der Waals surface area (Å²) in [5, 5.41) is 5.77. The first-order chi connectivity index (χ1) is 12.9. The largest absolute Gasteiger partial charge is 0.416 e. The number of carbonyl (C=O) groups is 1. The molecule has 4 nitrogen and oxygen atoms in total. The van der Waals surface area contributed by atoms with Crippen LogP contribution < -0.4 is 10.6 Å². The number of benzene rings is 2. The number of halogens is 3. The number of hydrogen-bond acceptors (Lipinski definition) is 3. The van der Waals surface area contributed by atoms with Crippen molar-refractivity contribution in [2.45, 2.75) is 12.7 Å². The van der Waals surface area contributed by atoms with E-state index >= 15 is 0 Å². The average molecular weight is 371 g/mol. The lowest BCUT2D eigenvalue weighted by Crippen LogP contribution is -2.13. The number of anilines is 2. The van der Waals surface area contributed by atoms with Gasteiger partial charge < -0.3 is 10.6 Å². The minimum Gasteiger partial charge on any atom is -0.380 e. The highest BCUT2D eigenvalue weighted by Gasteiger charge is 2.30. The first-order valence-corrected chi connectivity index (χ1v) is 8.14. The van der Waals surface area contributed by atoms with Crippen LogP contribution in [0.2, 0.25) is 0 Å². The molecule has 0 unspecified atom stereocenters. The number of amides is 1. The van der Waals surface area contributed by atoms with Crippen molar-refractivity contribution in [3.8, 4) is 0 Å². The molecule has 1 heterocycles. The van der Waals surface area contributed by atoms with Crippen LogP contribution >= 0.6 is 0 Å². The number of hydrogen-bond donors (Lipinski definition) is 2. The molecule has 0 bridgehead atoms. The number of nitrogens with one attached hydrogen (secondary N) is 2. The molecule has 2 N–H and O–H groups in total. The van der Waals surface area contributed by atoms with Crippen LogP contribution in [-0.2, 0) is 12.7 Å². The second-order valence-corrected chi connectivity index (χ2v) is 5.80. The summed E-state index contributed by atoms with van der Waals surface area (Å²) in [6.45, 7) is 0.639. The molecule has 1 amide bonds. The molecular weight excluding hydrogens is 355 g/mol. The topological polar surface area (TPSA) is 54.0 Å². The quantitative estimate of drug-likeness (QED) is 0.666. The van der Waals surface area contributed by atoms with Crippen LogP contribution in [0.4, 0.5) is 24.7 Å². The Bertz CT molecular complexity index is 893. The van der Waals surface area contributed by atoms with Crippen LogP contribution in [0.5, 0.6) is 0 Å². The standard InChI is InChI=1S/C20H16F3N3O/c21-20(22,23)16-8-6-15(7-9-16)19(27)26-18-11-10-17(13-25-18)24-12-14-4-2-1-3-5-14/h1-11,13,24H,12H2,(H,25,26,27). The van der Waals surface area contributed by atoms with Gasteiger partial charge in [0.05, 0.1) is 17.4 Å². The molecule has 0 aliphatic rings. The number of rotatable bonds is 5. The molecule has 3 rings (SSSR count). The van der Waals surface area contributed by atoms with Gasteiger partial charge in [0.1, 0.15) is 5.82 Å². The predicted octanol–water partition coefficient (Wildman–Crippen LogP) is 4.96. The lowest BCUT2D eigenvalue weighted by atomic mass is 10.1. The van der Waals surface area contributed by atoms with Gasteiger partial charge >= 0.3 is 6.18 Å². The molecule has 7 heteroatoms. The fourth-order valence-electron chi connectivity index (χ4n) is 2.37. The maximum absolute atomic E-state index is 12.6. The Morgan fingerprint density at radius 2 is 1.63 bits per heavy atom. The van der Waals surface area contributed by atoms with E-state index < -0.39 is 17.6 Å². The van der Waals surface area contributed by atoms with Gasteiger partial charge in [0.25, 0.3) is 5.91 Å². The molecule has 0 saturated heterocycles. The van der Waals surface area contributed by atoms with Crippen molar-refractivity contribution in [2.24, 2.45) is 0 Å². The Morgan fingerprint density at radius 1 is 0.926 bits per heavy atom. The lowest BCUT2D eigenvalue weighted by Gasteiger charge is -2.09. The van der Waals surface area contributed by atoms with E-state index in [1.165, 1.54) is 0 Å². The smallest absolute Gasteiger partial charge is 0.380 e. The van der Waals surface area contributed by atoms with E-state index in [-0.39, 0.29) is 5.56 Å². The second-order valence-electron chi connectivity index (χ2n) is 5.80. The zero-order valence-electron chi connectivity index (χ0n) is 14.1. The van der Waals surface area contributed by atoms with Crippen LogP contribution in [0.3, 0.4) is 0 Å². The van der Waals surface area contributed by atoms with Crippen LogP contribution in [0.1, 0.15) is 21.5 Å². The van der Waals surface area contributed by atoms with Crippen molar-refractivity contribution >= 4 is 17.4 Å². The molecule has 1 aromatic heterocycles. The van der Waals surface area contributed by atoms with Gasteiger partial charge in [0.2, 0.25) is 0 Å². The fourth-order valence-corrected chi connectivity index (χ4v) is 2.37. The Labute approximate surface area is 154 Å². The molecule has 3 aromatic rings. The van der Waals surface area contributed by atoms with E-state index in [1.54, 1.807) is 18.3 Å².